The molecule has 0 spiro atoms. The molecule has 0 aromatic heterocycles. The molecule has 30 heavy (non-hydrogen) atoms. The number of benzene rings is 1. The summed E-state index contributed by atoms with van der Waals surface area (Å²) in [4.78, 5) is 28.6. The number of ether oxygens (including phenoxy) is 2. The molecule has 0 bridgehead atoms. The predicted octanol–water partition coefficient (Wildman–Crippen LogP) is 3.11. The average Bonchev–Trinajstić information content (AvgIpc) is 2.79. The standard InChI is InChI=1S/C24H32N2O4/c1-3-15-26(20-7-5-4-6-8-20)24(28)19-9-11-21(12-10-19)30-22-13-16-25(17-14-22)23(27)18-29-2/h1,9-12,20,22H,4-8,13-18H2,2H3. The molecule has 1 aliphatic carbocycles. The van der Waals surface area contributed by atoms with Crippen LogP contribution in [0.1, 0.15) is 55.3 Å². The van der Waals surface area contributed by atoms with Crippen LogP contribution in [-0.2, 0) is 9.53 Å². The van der Waals surface area contributed by atoms with Crippen LogP contribution in [0, 0.1) is 12.3 Å². The minimum atomic E-state index is -0.00337. The van der Waals surface area contributed by atoms with Crippen LogP contribution in [0.4, 0.5) is 0 Å². The highest BCUT2D eigenvalue weighted by Gasteiger charge is 2.26. The highest BCUT2D eigenvalue weighted by molar-refractivity contribution is 5.94. The second kappa shape index (κ2) is 11.0. The number of methoxy groups -OCH3 is 1. The normalized spacial score (nSPS) is 17.9. The molecule has 2 fully saturated rings. The van der Waals surface area contributed by atoms with E-state index in [0.717, 1.165) is 44.3 Å². The maximum absolute atomic E-state index is 13.0. The van der Waals surface area contributed by atoms with E-state index in [0.29, 0.717) is 25.2 Å². The maximum Gasteiger partial charge on any atom is 0.254 e. The second-order valence-electron chi connectivity index (χ2n) is 8.08. The van der Waals surface area contributed by atoms with Gasteiger partial charge in [0.15, 0.2) is 0 Å². The first-order valence-corrected chi connectivity index (χ1v) is 10.9. The number of amides is 2. The van der Waals surface area contributed by atoms with Gasteiger partial charge in [-0.3, -0.25) is 9.59 Å². The summed E-state index contributed by atoms with van der Waals surface area (Å²) in [7, 11) is 1.53. The second-order valence-corrected chi connectivity index (χ2v) is 8.08. The Morgan fingerprint density at radius 1 is 1.10 bits per heavy atom. The topological polar surface area (TPSA) is 59.1 Å². The third kappa shape index (κ3) is 5.76. The maximum atomic E-state index is 13.0. The predicted molar refractivity (Wildman–Crippen MR) is 115 cm³/mol. The third-order valence-corrected chi connectivity index (χ3v) is 6.00. The lowest BCUT2D eigenvalue weighted by Crippen LogP contribution is -2.43. The van der Waals surface area contributed by atoms with Gasteiger partial charge in [-0.2, -0.15) is 0 Å². The van der Waals surface area contributed by atoms with Gasteiger partial charge in [0.1, 0.15) is 18.5 Å². The fourth-order valence-electron chi connectivity index (χ4n) is 4.33. The Labute approximate surface area is 179 Å². The Kier molecular flexibility index (Phi) is 8.15. The smallest absolute Gasteiger partial charge is 0.254 e. The molecule has 1 aromatic rings. The van der Waals surface area contributed by atoms with Crippen molar-refractivity contribution in [1.82, 2.24) is 9.80 Å². The molecule has 6 nitrogen and oxygen atoms in total. The summed E-state index contributed by atoms with van der Waals surface area (Å²) in [6, 6.07) is 7.58. The van der Waals surface area contributed by atoms with E-state index in [9.17, 15) is 9.59 Å². The summed E-state index contributed by atoms with van der Waals surface area (Å²) in [5, 5.41) is 0. The third-order valence-electron chi connectivity index (χ3n) is 6.00. The van der Waals surface area contributed by atoms with E-state index in [4.69, 9.17) is 15.9 Å². The van der Waals surface area contributed by atoms with E-state index in [1.54, 1.807) is 0 Å². The van der Waals surface area contributed by atoms with E-state index < -0.39 is 0 Å². The molecular formula is C24H32N2O4. The van der Waals surface area contributed by atoms with Gasteiger partial charge in [0.2, 0.25) is 5.91 Å². The van der Waals surface area contributed by atoms with Gasteiger partial charge in [0.25, 0.3) is 5.91 Å². The summed E-state index contributed by atoms with van der Waals surface area (Å²) < 4.78 is 11.0. The van der Waals surface area contributed by atoms with Crippen molar-refractivity contribution < 1.29 is 19.1 Å². The van der Waals surface area contributed by atoms with Crippen molar-refractivity contribution in [3.05, 3.63) is 29.8 Å². The van der Waals surface area contributed by atoms with E-state index in [1.165, 1.54) is 13.5 Å². The number of terminal acetylenes is 1. The molecule has 1 saturated heterocycles. The quantitative estimate of drug-likeness (QED) is 0.646. The van der Waals surface area contributed by atoms with E-state index >= 15 is 0 Å². The van der Waals surface area contributed by atoms with Crippen LogP contribution in [0.2, 0.25) is 0 Å². The molecule has 1 aromatic carbocycles. The lowest BCUT2D eigenvalue weighted by atomic mass is 9.93. The van der Waals surface area contributed by atoms with Crippen LogP contribution in [-0.4, -0.2) is 67.1 Å². The lowest BCUT2D eigenvalue weighted by Gasteiger charge is -2.33. The molecule has 1 saturated carbocycles. The molecule has 0 atom stereocenters. The van der Waals surface area contributed by atoms with E-state index in [1.807, 2.05) is 34.1 Å². The largest absolute Gasteiger partial charge is 0.490 e. The Morgan fingerprint density at radius 2 is 1.77 bits per heavy atom. The van der Waals surface area contributed by atoms with Crippen LogP contribution in [0.25, 0.3) is 0 Å². The minimum Gasteiger partial charge on any atom is -0.490 e. The van der Waals surface area contributed by atoms with Gasteiger partial charge in [0.05, 0.1) is 6.54 Å². The molecule has 3 rings (SSSR count). The Morgan fingerprint density at radius 3 is 2.37 bits per heavy atom. The molecule has 2 amide bonds. The molecule has 162 valence electrons. The number of nitrogens with zero attached hydrogens (tertiary/aromatic N) is 2. The number of piperidine rings is 1. The Bertz CT molecular complexity index is 741. The van der Waals surface area contributed by atoms with Crippen molar-refractivity contribution in [3.8, 4) is 18.1 Å². The van der Waals surface area contributed by atoms with Crippen molar-refractivity contribution in [1.29, 1.82) is 0 Å². The minimum absolute atomic E-state index is 0.00337. The number of carbonyl (C=O) groups excluding carboxylic acids is 2. The van der Waals surface area contributed by atoms with Gasteiger partial charge >= 0.3 is 0 Å². The van der Waals surface area contributed by atoms with Crippen LogP contribution < -0.4 is 4.74 Å². The lowest BCUT2D eigenvalue weighted by molar-refractivity contribution is -0.136. The van der Waals surface area contributed by atoms with Crippen molar-refractivity contribution in [2.75, 3.05) is 33.4 Å². The fourth-order valence-corrected chi connectivity index (χ4v) is 4.33. The highest BCUT2D eigenvalue weighted by Crippen LogP contribution is 2.25. The van der Waals surface area contributed by atoms with Crippen LogP contribution in [0.15, 0.2) is 24.3 Å². The fraction of sp³-hybridized carbons (Fsp3) is 0.583. The Hall–Kier alpha value is -2.52. The first kappa shape index (κ1) is 22.2. The van der Waals surface area contributed by atoms with Gasteiger partial charge in [-0.05, 0) is 37.1 Å². The summed E-state index contributed by atoms with van der Waals surface area (Å²) >= 11 is 0. The molecule has 6 heteroatoms. The number of rotatable bonds is 7. The van der Waals surface area contributed by atoms with Crippen molar-refractivity contribution in [3.63, 3.8) is 0 Å². The summed E-state index contributed by atoms with van der Waals surface area (Å²) in [6.45, 7) is 1.82. The molecular weight excluding hydrogens is 380 g/mol. The van der Waals surface area contributed by atoms with Gasteiger partial charge in [-0.1, -0.05) is 25.2 Å². The van der Waals surface area contributed by atoms with Crippen molar-refractivity contribution >= 4 is 11.8 Å². The number of hydrogen-bond acceptors (Lipinski definition) is 4. The van der Waals surface area contributed by atoms with Gasteiger partial charge in [-0.25, -0.2) is 0 Å². The Balaban J connectivity index is 1.55. The van der Waals surface area contributed by atoms with E-state index in [-0.39, 0.29) is 30.6 Å². The molecule has 1 heterocycles. The molecule has 0 N–H and O–H groups in total. The molecule has 2 aliphatic rings. The zero-order valence-corrected chi connectivity index (χ0v) is 17.8. The monoisotopic (exact) mass is 412 g/mol. The number of hydrogen-bond donors (Lipinski definition) is 0. The van der Waals surface area contributed by atoms with Gasteiger partial charge in [0, 0.05) is 44.6 Å². The number of carbonyl (C=O) groups is 2. The van der Waals surface area contributed by atoms with Gasteiger partial charge in [-0.15, -0.1) is 6.42 Å². The van der Waals surface area contributed by atoms with Crippen LogP contribution in [0.5, 0.6) is 5.75 Å². The zero-order valence-electron chi connectivity index (χ0n) is 17.8. The molecule has 1 aliphatic heterocycles. The summed E-state index contributed by atoms with van der Waals surface area (Å²) in [5.41, 5.74) is 0.642. The first-order chi connectivity index (χ1) is 14.6. The summed E-state index contributed by atoms with van der Waals surface area (Å²) in [6.07, 6.45) is 12.8. The first-order valence-electron chi connectivity index (χ1n) is 10.9. The average molecular weight is 413 g/mol. The summed E-state index contributed by atoms with van der Waals surface area (Å²) in [5.74, 6) is 3.41. The highest BCUT2D eigenvalue weighted by atomic mass is 16.5. The molecule has 0 unspecified atom stereocenters. The van der Waals surface area contributed by atoms with Crippen molar-refractivity contribution in [2.45, 2.75) is 57.1 Å². The van der Waals surface area contributed by atoms with E-state index in [2.05, 4.69) is 5.92 Å². The van der Waals surface area contributed by atoms with Crippen LogP contribution >= 0.6 is 0 Å². The molecule has 0 radical (unpaired) electrons. The number of likely N-dealkylation sites (tertiary alicyclic amines) is 1. The SMILES string of the molecule is C#CCN(C(=O)c1ccc(OC2CCN(C(=O)COC)CC2)cc1)C1CCCCC1. The van der Waals surface area contributed by atoms with Crippen molar-refractivity contribution in [2.24, 2.45) is 0 Å². The van der Waals surface area contributed by atoms with Crippen LogP contribution in [0.3, 0.4) is 0 Å². The zero-order chi connectivity index (χ0) is 21.3. The van der Waals surface area contributed by atoms with Gasteiger partial charge < -0.3 is 19.3 Å².